The fraction of sp³-hybridized carbons (Fsp3) is 0.353. The third-order valence-electron chi connectivity index (χ3n) is 3.73. The van der Waals surface area contributed by atoms with Gasteiger partial charge in [0.25, 0.3) is 5.91 Å². The molecule has 0 aliphatic rings. The lowest BCUT2D eigenvalue weighted by molar-refractivity contribution is -0.152. The van der Waals surface area contributed by atoms with Crippen molar-refractivity contribution in [2.24, 2.45) is 7.05 Å². The van der Waals surface area contributed by atoms with Gasteiger partial charge in [0.15, 0.2) is 6.10 Å². The predicted molar refractivity (Wildman–Crippen MR) is 87.0 cm³/mol. The highest BCUT2D eigenvalue weighted by molar-refractivity contribution is 5.96. The largest absolute Gasteiger partial charge is 0.452 e. The summed E-state index contributed by atoms with van der Waals surface area (Å²) in [5.41, 5.74) is 2.30. The summed E-state index contributed by atoms with van der Waals surface area (Å²) in [6.07, 6.45) is -1.22. The van der Waals surface area contributed by atoms with E-state index in [9.17, 15) is 14.0 Å². The molecule has 2 aromatic rings. The van der Waals surface area contributed by atoms with Crippen molar-refractivity contribution in [2.75, 3.05) is 5.32 Å². The first-order valence-electron chi connectivity index (χ1n) is 7.53. The first kappa shape index (κ1) is 17.7. The molecular weight excluding hydrogens is 313 g/mol. The van der Waals surface area contributed by atoms with Gasteiger partial charge in [-0.05, 0) is 32.4 Å². The third kappa shape index (κ3) is 3.98. The van der Waals surface area contributed by atoms with Crippen LogP contribution in [0.5, 0.6) is 0 Å². The lowest BCUT2D eigenvalue weighted by atomic mass is 10.1. The summed E-state index contributed by atoms with van der Waals surface area (Å²) in [5.74, 6) is -1.60. The smallest absolute Gasteiger partial charge is 0.311 e. The number of esters is 1. The highest BCUT2D eigenvalue weighted by Crippen LogP contribution is 2.18. The molecule has 0 spiro atoms. The summed E-state index contributed by atoms with van der Waals surface area (Å²) in [4.78, 5) is 24.1. The zero-order chi connectivity index (χ0) is 17.9. The minimum atomic E-state index is -0.997. The van der Waals surface area contributed by atoms with Gasteiger partial charge in [-0.1, -0.05) is 18.2 Å². The van der Waals surface area contributed by atoms with Gasteiger partial charge in [-0.15, -0.1) is 0 Å². The lowest BCUT2D eigenvalue weighted by Gasteiger charge is -2.14. The number of anilines is 1. The van der Waals surface area contributed by atoms with Crippen molar-refractivity contribution in [1.29, 1.82) is 0 Å². The Hall–Kier alpha value is -2.70. The first-order chi connectivity index (χ1) is 11.3. The Morgan fingerprint density at radius 1 is 1.33 bits per heavy atom. The minimum Gasteiger partial charge on any atom is -0.452 e. The van der Waals surface area contributed by atoms with Crippen LogP contribution in [0.25, 0.3) is 0 Å². The number of hydrogen-bond donors (Lipinski definition) is 1. The van der Waals surface area contributed by atoms with Crippen molar-refractivity contribution in [3.63, 3.8) is 0 Å². The quantitative estimate of drug-likeness (QED) is 0.852. The van der Waals surface area contributed by atoms with Crippen LogP contribution in [0.3, 0.4) is 0 Å². The fourth-order valence-electron chi connectivity index (χ4n) is 2.27. The predicted octanol–water partition coefficient (Wildman–Crippen LogP) is 2.29. The number of aromatic nitrogens is 2. The van der Waals surface area contributed by atoms with Crippen LogP contribution in [0.1, 0.15) is 23.9 Å². The van der Waals surface area contributed by atoms with Gasteiger partial charge in [-0.3, -0.25) is 14.3 Å². The van der Waals surface area contributed by atoms with Crippen molar-refractivity contribution >= 4 is 17.6 Å². The maximum Gasteiger partial charge on any atom is 0.311 e. The molecule has 2 rings (SSSR count). The molecule has 7 heteroatoms. The van der Waals surface area contributed by atoms with Crippen LogP contribution in [-0.4, -0.2) is 27.8 Å². The van der Waals surface area contributed by atoms with Crippen LogP contribution in [0.2, 0.25) is 0 Å². The average Bonchev–Trinajstić information content (AvgIpc) is 2.75. The molecule has 1 atom stereocenters. The minimum absolute atomic E-state index is 0.227. The van der Waals surface area contributed by atoms with E-state index in [1.807, 2.05) is 6.92 Å². The van der Waals surface area contributed by atoms with E-state index < -0.39 is 23.8 Å². The Morgan fingerprint density at radius 2 is 2.00 bits per heavy atom. The fourth-order valence-corrected chi connectivity index (χ4v) is 2.27. The van der Waals surface area contributed by atoms with E-state index in [0.717, 1.165) is 5.69 Å². The number of aryl methyl sites for hydroxylation is 2. The van der Waals surface area contributed by atoms with Crippen molar-refractivity contribution in [3.8, 4) is 0 Å². The number of benzene rings is 1. The summed E-state index contributed by atoms with van der Waals surface area (Å²) < 4.78 is 20.3. The van der Waals surface area contributed by atoms with E-state index in [2.05, 4.69) is 10.4 Å². The van der Waals surface area contributed by atoms with Gasteiger partial charge in [0.2, 0.25) is 0 Å². The van der Waals surface area contributed by atoms with Crippen molar-refractivity contribution in [1.82, 2.24) is 9.78 Å². The van der Waals surface area contributed by atoms with Gasteiger partial charge < -0.3 is 10.1 Å². The van der Waals surface area contributed by atoms with Crippen molar-refractivity contribution in [2.45, 2.75) is 33.3 Å². The van der Waals surface area contributed by atoms with Crippen LogP contribution in [0.4, 0.5) is 10.1 Å². The molecule has 1 N–H and O–H groups in total. The van der Waals surface area contributed by atoms with E-state index in [0.29, 0.717) is 11.4 Å². The second-order valence-corrected chi connectivity index (χ2v) is 5.56. The molecule has 1 heterocycles. The highest BCUT2D eigenvalue weighted by Gasteiger charge is 2.21. The van der Waals surface area contributed by atoms with E-state index in [1.54, 1.807) is 30.8 Å². The Kier molecular flexibility index (Phi) is 5.33. The van der Waals surface area contributed by atoms with Gasteiger partial charge >= 0.3 is 5.97 Å². The Balaban J connectivity index is 1.96. The Labute approximate surface area is 139 Å². The van der Waals surface area contributed by atoms with Crippen LogP contribution in [-0.2, 0) is 27.8 Å². The molecule has 1 unspecified atom stereocenters. The molecule has 1 amide bonds. The Bertz CT molecular complexity index is 770. The molecule has 128 valence electrons. The maximum atomic E-state index is 13.5. The summed E-state index contributed by atoms with van der Waals surface area (Å²) in [7, 11) is 1.77. The number of carbonyl (C=O) groups excluding carboxylic acids is 2. The van der Waals surface area contributed by atoms with E-state index in [-0.39, 0.29) is 12.0 Å². The zero-order valence-electron chi connectivity index (χ0n) is 14.1. The Morgan fingerprint density at radius 3 is 2.58 bits per heavy atom. The summed E-state index contributed by atoms with van der Waals surface area (Å²) in [5, 5.41) is 6.91. The molecule has 0 radical (unpaired) electrons. The highest BCUT2D eigenvalue weighted by atomic mass is 19.1. The van der Waals surface area contributed by atoms with Gasteiger partial charge in [0, 0.05) is 7.05 Å². The van der Waals surface area contributed by atoms with Crippen LogP contribution >= 0.6 is 0 Å². The number of nitrogens with zero attached hydrogens (tertiary/aromatic N) is 2. The number of carbonyl (C=O) groups is 2. The SMILES string of the molecule is Cc1nn(C)c(C)c1NC(=O)C(C)OC(=O)Cc1ccccc1F. The number of rotatable bonds is 5. The van der Waals surface area contributed by atoms with Gasteiger partial charge in [-0.2, -0.15) is 5.10 Å². The molecule has 0 bridgehead atoms. The maximum absolute atomic E-state index is 13.5. The van der Waals surface area contributed by atoms with Gasteiger partial charge in [-0.25, -0.2) is 4.39 Å². The second kappa shape index (κ2) is 7.25. The zero-order valence-corrected chi connectivity index (χ0v) is 14.1. The van der Waals surface area contributed by atoms with E-state index >= 15 is 0 Å². The summed E-state index contributed by atoms with van der Waals surface area (Å²) in [6.45, 7) is 5.07. The second-order valence-electron chi connectivity index (χ2n) is 5.56. The van der Waals surface area contributed by atoms with Crippen molar-refractivity contribution in [3.05, 3.63) is 47.0 Å². The third-order valence-corrected chi connectivity index (χ3v) is 3.73. The van der Waals surface area contributed by atoms with Crippen LogP contribution < -0.4 is 5.32 Å². The normalized spacial score (nSPS) is 11.9. The number of nitrogens with one attached hydrogen (secondary N) is 1. The first-order valence-corrected chi connectivity index (χ1v) is 7.53. The molecular formula is C17H20FN3O3. The summed E-state index contributed by atoms with van der Waals surface area (Å²) >= 11 is 0. The molecule has 1 aromatic heterocycles. The number of hydrogen-bond acceptors (Lipinski definition) is 4. The monoisotopic (exact) mass is 333 g/mol. The number of amides is 1. The standard InChI is InChI=1S/C17H20FN3O3/c1-10-16(11(2)21(4)20-10)19-17(23)12(3)24-15(22)9-13-7-5-6-8-14(13)18/h5-8,12H,9H2,1-4H3,(H,19,23). The molecule has 0 aliphatic carbocycles. The molecule has 1 aromatic carbocycles. The van der Waals surface area contributed by atoms with Gasteiger partial charge in [0.1, 0.15) is 5.82 Å². The number of ether oxygens (including phenoxy) is 1. The van der Waals surface area contributed by atoms with Crippen LogP contribution in [0.15, 0.2) is 24.3 Å². The average molecular weight is 333 g/mol. The lowest BCUT2D eigenvalue weighted by Crippen LogP contribution is -2.31. The van der Waals surface area contributed by atoms with Crippen LogP contribution in [0, 0.1) is 19.7 Å². The molecule has 0 fully saturated rings. The van der Waals surface area contributed by atoms with Crippen molar-refractivity contribution < 1.29 is 18.7 Å². The summed E-state index contributed by atoms with van der Waals surface area (Å²) in [6, 6.07) is 5.95. The molecule has 0 saturated heterocycles. The molecule has 0 aliphatic heterocycles. The number of halogens is 1. The topological polar surface area (TPSA) is 73.2 Å². The molecule has 0 saturated carbocycles. The molecule has 6 nitrogen and oxygen atoms in total. The van der Waals surface area contributed by atoms with E-state index in [4.69, 9.17) is 4.74 Å². The van der Waals surface area contributed by atoms with E-state index in [1.165, 1.54) is 19.1 Å². The van der Waals surface area contributed by atoms with Gasteiger partial charge in [0.05, 0.1) is 23.5 Å². The molecule has 24 heavy (non-hydrogen) atoms.